The number of anilines is 1. The number of nitrogens with one attached hydrogen (secondary N) is 1. The van der Waals surface area contributed by atoms with Crippen LogP contribution in [0.2, 0.25) is 0 Å². The highest BCUT2D eigenvalue weighted by Crippen LogP contribution is 2.27. The molecule has 4 rings (SSSR count). The quantitative estimate of drug-likeness (QED) is 0.574. The summed E-state index contributed by atoms with van der Waals surface area (Å²) < 4.78 is 11.2. The zero-order valence-corrected chi connectivity index (χ0v) is 17.5. The summed E-state index contributed by atoms with van der Waals surface area (Å²) in [7, 11) is 1.62. The second kappa shape index (κ2) is 9.47. The number of methoxy groups -OCH3 is 1. The second-order valence-electron chi connectivity index (χ2n) is 7.49. The minimum absolute atomic E-state index is 0.00991. The van der Waals surface area contributed by atoms with Crippen LogP contribution in [0, 0.1) is 0 Å². The Hall–Kier alpha value is -3.61. The summed E-state index contributed by atoms with van der Waals surface area (Å²) in [6.07, 6.45) is 8.97. The van der Waals surface area contributed by atoms with E-state index >= 15 is 0 Å². The van der Waals surface area contributed by atoms with E-state index in [9.17, 15) is 9.59 Å². The average molecular weight is 419 g/mol. The van der Waals surface area contributed by atoms with Gasteiger partial charge in [-0.3, -0.25) is 9.59 Å². The SMILES string of the molecule is COc1ccccc1OCC1=CCN(C(=O)C=Cc2cnc3c(c2)CCC(=O)N3)CC1. The summed E-state index contributed by atoms with van der Waals surface area (Å²) >= 11 is 0. The van der Waals surface area contributed by atoms with Gasteiger partial charge in [0.1, 0.15) is 12.4 Å². The lowest BCUT2D eigenvalue weighted by molar-refractivity contribution is -0.125. The van der Waals surface area contributed by atoms with Gasteiger partial charge in [-0.1, -0.05) is 18.2 Å². The third kappa shape index (κ3) is 5.12. The van der Waals surface area contributed by atoms with E-state index in [2.05, 4.69) is 10.3 Å². The van der Waals surface area contributed by atoms with Gasteiger partial charge in [0.2, 0.25) is 11.8 Å². The monoisotopic (exact) mass is 419 g/mol. The standard InChI is InChI=1S/C24H25N3O4/c1-30-20-4-2-3-5-21(20)31-16-17-10-12-27(13-11-17)23(29)9-6-18-14-19-7-8-22(28)26-24(19)25-15-18/h2-6,9-10,14-15H,7-8,11-13,16H2,1H3,(H,25,26,28). The lowest BCUT2D eigenvalue weighted by Gasteiger charge is -2.25. The molecule has 1 aromatic carbocycles. The van der Waals surface area contributed by atoms with Crippen molar-refractivity contribution in [3.8, 4) is 11.5 Å². The number of fused-ring (bicyclic) bond motifs is 1. The summed E-state index contributed by atoms with van der Waals surface area (Å²) in [6.45, 7) is 1.69. The summed E-state index contributed by atoms with van der Waals surface area (Å²) in [5, 5.41) is 2.76. The Morgan fingerprint density at radius 2 is 2.06 bits per heavy atom. The molecule has 7 heteroatoms. The number of hydrogen-bond donors (Lipinski definition) is 1. The van der Waals surface area contributed by atoms with Gasteiger partial charge in [0.25, 0.3) is 0 Å². The Morgan fingerprint density at radius 1 is 1.23 bits per heavy atom. The lowest BCUT2D eigenvalue weighted by Crippen LogP contribution is -2.34. The van der Waals surface area contributed by atoms with Gasteiger partial charge in [0.05, 0.1) is 7.11 Å². The highest BCUT2D eigenvalue weighted by atomic mass is 16.5. The maximum absolute atomic E-state index is 12.6. The predicted octanol–water partition coefficient (Wildman–Crippen LogP) is 3.23. The number of para-hydroxylation sites is 2. The molecule has 160 valence electrons. The molecule has 3 heterocycles. The number of pyridine rings is 1. The van der Waals surface area contributed by atoms with Crippen molar-refractivity contribution >= 4 is 23.7 Å². The largest absolute Gasteiger partial charge is 0.493 e. The molecule has 0 aliphatic carbocycles. The maximum atomic E-state index is 12.6. The lowest BCUT2D eigenvalue weighted by atomic mass is 10.0. The number of carbonyl (C=O) groups is 2. The van der Waals surface area contributed by atoms with E-state index in [4.69, 9.17) is 9.47 Å². The molecular weight excluding hydrogens is 394 g/mol. The molecule has 0 saturated carbocycles. The van der Waals surface area contributed by atoms with Gasteiger partial charge in [-0.25, -0.2) is 4.98 Å². The molecule has 0 spiro atoms. The summed E-state index contributed by atoms with van der Waals surface area (Å²) in [6, 6.07) is 9.53. The van der Waals surface area contributed by atoms with Gasteiger partial charge in [0.15, 0.2) is 11.5 Å². The van der Waals surface area contributed by atoms with Crippen molar-refractivity contribution in [2.24, 2.45) is 0 Å². The Bertz CT molecular complexity index is 1040. The van der Waals surface area contributed by atoms with Crippen LogP contribution in [0.15, 0.2) is 54.3 Å². The average Bonchev–Trinajstić information content (AvgIpc) is 2.81. The number of nitrogens with zero attached hydrogens (tertiary/aromatic N) is 2. The molecule has 2 amide bonds. The summed E-state index contributed by atoms with van der Waals surface area (Å²) in [5.74, 6) is 1.99. The molecule has 2 aliphatic rings. The Labute approximate surface area is 181 Å². The zero-order chi connectivity index (χ0) is 21.6. The van der Waals surface area contributed by atoms with Crippen molar-refractivity contribution in [2.75, 3.05) is 32.1 Å². The van der Waals surface area contributed by atoms with Crippen LogP contribution in [-0.4, -0.2) is 48.5 Å². The van der Waals surface area contributed by atoms with Gasteiger partial charge < -0.3 is 19.7 Å². The van der Waals surface area contributed by atoms with Gasteiger partial charge in [-0.15, -0.1) is 0 Å². The third-order valence-corrected chi connectivity index (χ3v) is 5.38. The molecule has 2 aromatic rings. The van der Waals surface area contributed by atoms with E-state index in [1.165, 1.54) is 5.57 Å². The topological polar surface area (TPSA) is 80.8 Å². The maximum Gasteiger partial charge on any atom is 0.246 e. The van der Waals surface area contributed by atoms with Crippen molar-refractivity contribution in [1.29, 1.82) is 0 Å². The van der Waals surface area contributed by atoms with Gasteiger partial charge >= 0.3 is 0 Å². The second-order valence-corrected chi connectivity index (χ2v) is 7.49. The van der Waals surface area contributed by atoms with Crippen molar-refractivity contribution in [3.63, 3.8) is 0 Å². The van der Waals surface area contributed by atoms with E-state index in [0.29, 0.717) is 49.9 Å². The van der Waals surface area contributed by atoms with Crippen molar-refractivity contribution in [1.82, 2.24) is 9.88 Å². The van der Waals surface area contributed by atoms with Crippen molar-refractivity contribution in [3.05, 3.63) is 65.4 Å². The van der Waals surface area contributed by atoms with Gasteiger partial charge in [-0.2, -0.15) is 0 Å². The molecule has 0 unspecified atom stereocenters. The molecule has 0 atom stereocenters. The minimum atomic E-state index is -0.0352. The number of carbonyl (C=O) groups excluding carboxylic acids is 2. The fourth-order valence-electron chi connectivity index (χ4n) is 3.59. The van der Waals surface area contributed by atoms with E-state index < -0.39 is 0 Å². The normalized spacial score (nSPS) is 15.8. The first kappa shape index (κ1) is 20.7. The molecule has 1 aromatic heterocycles. The molecular formula is C24H25N3O4. The highest BCUT2D eigenvalue weighted by molar-refractivity contribution is 5.94. The van der Waals surface area contributed by atoms with E-state index in [1.54, 1.807) is 30.4 Å². The predicted molar refractivity (Wildman–Crippen MR) is 118 cm³/mol. The fourth-order valence-corrected chi connectivity index (χ4v) is 3.59. The molecule has 0 saturated heterocycles. The van der Waals surface area contributed by atoms with Crippen LogP contribution >= 0.6 is 0 Å². The minimum Gasteiger partial charge on any atom is -0.493 e. The number of amides is 2. The number of ether oxygens (including phenoxy) is 2. The van der Waals surface area contributed by atoms with Crippen LogP contribution in [0.25, 0.3) is 6.08 Å². The van der Waals surface area contributed by atoms with E-state index in [0.717, 1.165) is 17.5 Å². The highest BCUT2D eigenvalue weighted by Gasteiger charge is 2.17. The van der Waals surface area contributed by atoms with E-state index in [1.807, 2.05) is 36.4 Å². The Morgan fingerprint density at radius 3 is 2.84 bits per heavy atom. The molecule has 2 aliphatic heterocycles. The Balaban J connectivity index is 1.30. The number of aryl methyl sites for hydroxylation is 1. The molecule has 31 heavy (non-hydrogen) atoms. The van der Waals surface area contributed by atoms with Crippen LogP contribution < -0.4 is 14.8 Å². The zero-order valence-electron chi connectivity index (χ0n) is 17.5. The smallest absolute Gasteiger partial charge is 0.246 e. The van der Waals surface area contributed by atoms with E-state index in [-0.39, 0.29) is 11.8 Å². The van der Waals surface area contributed by atoms with Crippen molar-refractivity contribution < 1.29 is 19.1 Å². The molecule has 7 nitrogen and oxygen atoms in total. The molecule has 0 bridgehead atoms. The molecule has 0 radical (unpaired) electrons. The first-order valence-electron chi connectivity index (χ1n) is 10.3. The van der Waals surface area contributed by atoms with Crippen LogP contribution in [0.1, 0.15) is 24.0 Å². The first-order chi connectivity index (χ1) is 15.1. The molecule has 0 fully saturated rings. The van der Waals surface area contributed by atoms with Crippen molar-refractivity contribution in [2.45, 2.75) is 19.3 Å². The number of benzene rings is 1. The third-order valence-electron chi connectivity index (χ3n) is 5.38. The van der Waals surface area contributed by atoms with Gasteiger partial charge in [-0.05, 0) is 53.8 Å². The van der Waals surface area contributed by atoms with Crippen LogP contribution in [0.3, 0.4) is 0 Å². The van der Waals surface area contributed by atoms with Gasteiger partial charge in [0, 0.05) is 31.8 Å². The number of hydrogen-bond acceptors (Lipinski definition) is 5. The first-order valence-corrected chi connectivity index (χ1v) is 10.3. The molecule has 1 N–H and O–H groups in total. The number of aromatic nitrogens is 1. The summed E-state index contributed by atoms with van der Waals surface area (Å²) in [5.41, 5.74) is 3.01. The number of rotatable bonds is 6. The van der Waals surface area contributed by atoms with Crippen LogP contribution in [0.5, 0.6) is 11.5 Å². The van der Waals surface area contributed by atoms with Crippen LogP contribution in [0.4, 0.5) is 5.82 Å². The summed E-state index contributed by atoms with van der Waals surface area (Å²) in [4.78, 5) is 30.1. The Kier molecular flexibility index (Phi) is 6.31. The van der Waals surface area contributed by atoms with Crippen LogP contribution in [-0.2, 0) is 16.0 Å². The fraction of sp³-hybridized carbons (Fsp3) is 0.292.